The molecule has 0 saturated carbocycles. The first-order valence-corrected chi connectivity index (χ1v) is 5.49. The van der Waals surface area contributed by atoms with Crippen LogP contribution in [0.4, 0.5) is 8.78 Å². The monoisotopic (exact) mass is 258 g/mol. The Balaban J connectivity index is 2.75. The topological polar surface area (TPSA) is 75.3 Å². The number of hydrogen-bond acceptors (Lipinski definition) is 3. The zero-order valence-electron chi connectivity index (χ0n) is 10.2. The maximum Gasteiger partial charge on any atom is 0.247 e. The van der Waals surface area contributed by atoms with Gasteiger partial charge >= 0.3 is 0 Å². The second-order valence-corrected chi connectivity index (χ2v) is 4.17. The van der Waals surface area contributed by atoms with Crippen molar-refractivity contribution >= 4 is 5.91 Å². The number of primary amides is 1. The van der Waals surface area contributed by atoms with E-state index in [-0.39, 0.29) is 17.7 Å². The van der Waals surface area contributed by atoms with Crippen molar-refractivity contribution in [1.82, 2.24) is 5.32 Å². The van der Waals surface area contributed by atoms with E-state index in [1.54, 1.807) is 6.92 Å². The highest BCUT2D eigenvalue weighted by molar-refractivity contribution is 5.78. The minimum Gasteiger partial charge on any atom is -0.382 e. The summed E-state index contributed by atoms with van der Waals surface area (Å²) in [5, 5.41) is 11.9. The molecular weight excluding hydrogens is 242 g/mol. The molecule has 0 fully saturated rings. The molecule has 0 aliphatic carbocycles. The summed E-state index contributed by atoms with van der Waals surface area (Å²) < 4.78 is 26.9. The third-order valence-electron chi connectivity index (χ3n) is 2.69. The maximum atomic E-state index is 13.6. The van der Waals surface area contributed by atoms with Crippen molar-refractivity contribution in [1.29, 1.82) is 0 Å². The number of aryl methyl sites for hydroxylation is 1. The van der Waals surface area contributed by atoms with Gasteiger partial charge in [0.1, 0.15) is 17.7 Å². The van der Waals surface area contributed by atoms with Crippen molar-refractivity contribution in [2.45, 2.75) is 26.0 Å². The molecule has 0 aliphatic rings. The molecule has 0 saturated heterocycles. The Bertz CT molecular complexity index is 452. The van der Waals surface area contributed by atoms with E-state index in [1.807, 2.05) is 0 Å². The first-order chi connectivity index (χ1) is 8.32. The van der Waals surface area contributed by atoms with Crippen molar-refractivity contribution in [3.8, 4) is 0 Å². The number of nitrogens with one attached hydrogen (secondary N) is 1. The van der Waals surface area contributed by atoms with Crippen molar-refractivity contribution in [3.05, 3.63) is 34.9 Å². The first kappa shape index (κ1) is 14.5. The van der Waals surface area contributed by atoms with Crippen LogP contribution in [-0.2, 0) is 4.79 Å². The highest BCUT2D eigenvalue weighted by atomic mass is 19.1. The average Bonchev–Trinajstić information content (AvgIpc) is 2.30. The molecule has 0 radical (unpaired) electrons. The van der Waals surface area contributed by atoms with Crippen LogP contribution in [0.1, 0.15) is 24.1 Å². The van der Waals surface area contributed by atoms with Gasteiger partial charge in [0.05, 0.1) is 0 Å². The summed E-state index contributed by atoms with van der Waals surface area (Å²) in [5.74, 6) is -1.91. The van der Waals surface area contributed by atoms with Crippen molar-refractivity contribution < 1.29 is 18.7 Å². The molecule has 2 unspecified atom stereocenters. The Morgan fingerprint density at radius 2 is 2.06 bits per heavy atom. The summed E-state index contributed by atoms with van der Waals surface area (Å²) in [6.45, 7) is 2.95. The largest absolute Gasteiger partial charge is 0.382 e. The third-order valence-corrected chi connectivity index (χ3v) is 2.69. The van der Waals surface area contributed by atoms with Crippen LogP contribution in [0, 0.1) is 18.6 Å². The Morgan fingerprint density at radius 3 is 2.61 bits per heavy atom. The number of amides is 1. The molecule has 0 heterocycles. The molecule has 2 atom stereocenters. The van der Waals surface area contributed by atoms with Crippen LogP contribution < -0.4 is 11.1 Å². The molecule has 1 aromatic carbocycles. The quantitative estimate of drug-likeness (QED) is 0.730. The standard InChI is InChI=1S/C12H16F2N2O2/c1-6-3-10(14)8(4-9(6)13)7(2)16-5-11(17)12(15)18/h3-4,7,11,16-17H,5H2,1-2H3,(H2,15,18). The van der Waals surface area contributed by atoms with Gasteiger partial charge in [0.15, 0.2) is 0 Å². The van der Waals surface area contributed by atoms with Crippen LogP contribution in [0.15, 0.2) is 12.1 Å². The van der Waals surface area contributed by atoms with E-state index in [0.29, 0.717) is 0 Å². The van der Waals surface area contributed by atoms with Gasteiger partial charge in [-0.2, -0.15) is 0 Å². The molecule has 100 valence electrons. The Hall–Kier alpha value is -1.53. The van der Waals surface area contributed by atoms with Crippen LogP contribution in [0.25, 0.3) is 0 Å². The highest BCUT2D eigenvalue weighted by Crippen LogP contribution is 2.20. The SMILES string of the molecule is Cc1cc(F)c(C(C)NCC(O)C(N)=O)cc1F. The fourth-order valence-corrected chi connectivity index (χ4v) is 1.49. The predicted molar refractivity (Wildman–Crippen MR) is 62.7 cm³/mol. The number of carbonyl (C=O) groups excluding carboxylic acids is 1. The van der Waals surface area contributed by atoms with Gasteiger partial charge in [-0.25, -0.2) is 8.78 Å². The summed E-state index contributed by atoms with van der Waals surface area (Å²) in [5.41, 5.74) is 5.23. The fourth-order valence-electron chi connectivity index (χ4n) is 1.49. The number of halogens is 2. The Morgan fingerprint density at radius 1 is 1.44 bits per heavy atom. The van der Waals surface area contributed by atoms with Crippen LogP contribution in [0.5, 0.6) is 0 Å². The van der Waals surface area contributed by atoms with E-state index < -0.39 is 29.7 Å². The van der Waals surface area contributed by atoms with Gasteiger partial charge < -0.3 is 16.2 Å². The molecule has 0 aliphatic heterocycles. The normalized spacial score (nSPS) is 14.3. The fraction of sp³-hybridized carbons (Fsp3) is 0.417. The van der Waals surface area contributed by atoms with Crippen LogP contribution in [0.2, 0.25) is 0 Å². The number of hydrogen-bond donors (Lipinski definition) is 3. The Kier molecular flexibility index (Phi) is 4.75. The van der Waals surface area contributed by atoms with Crippen molar-refractivity contribution in [2.75, 3.05) is 6.54 Å². The van der Waals surface area contributed by atoms with Gasteiger partial charge in [-0.3, -0.25) is 4.79 Å². The number of aliphatic hydroxyl groups excluding tert-OH is 1. The van der Waals surface area contributed by atoms with E-state index in [9.17, 15) is 18.7 Å². The first-order valence-electron chi connectivity index (χ1n) is 5.49. The molecule has 4 N–H and O–H groups in total. The van der Waals surface area contributed by atoms with Gasteiger partial charge in [0, 0.05) is 18.2 Å². The number of nitrogens with two attached hydrogens (primary N) is 1. The van der Waals surface area contributed by atoms with E-state index >= 15 is 0 Å². The number of rotatable bonds is 5. The highest BCUT2D eigenvalue weighted by Gasteiger charge is 2.16. The molecule has 0 spiro atoms. The smallest absolute Gasteiger partial charge is 0.247 e. The molecule has 1 rings (SSSR count). The van der Waals surface area contributed by atoms with Crippen LogP contribution >= 0.6 is 0 Å². The molecule has 0 aromatic heterocycles. The lowest BCUT2D eigenvalue weighted by atomic mass is 10.0. The summed E-state index contributed by atoms with van der Waals surface area (Å²) >= 11 is 0. The molecule has 4 nitrogen and oxygen atoms in total. The van der Waals surface area contributed by atoms with Gasteiger partial charge in [0.25, 0.3) is 0 Å². The average molecular weight is 258 g/mol. The Labute approximate surface area is 104 Å². The molecule has 1 aromatic rings. The van der Waals surface area contributed by atoms with Crippen molar-refractivity contribution in [2.24, 2.45) is 5.73 Å². The summed E-state index contributed by atoms with van der Waals surface area (Å²) in [4.78, 5) is 10.6. The molecular formula is C12H16F2N2O2. The van der Waals surface area contributed by atoms with Gasteiger partial charge in [-0.1, -0.05) is 0 Å². The molecule has 1 amide bonds. The second-order valence-electron chi connectivity index (χ2n) is 4.17. The lowest BCUT2D eigenvalue weighted by Crippen LogP contribution is -2.38. The number of carbonyl (C=O) groups is 1. The van der Waals surface area contributed by atoms with E-state index in [4.69, 9.17) is 5.73 Å². The molecule has 6 heteroatoms. The van der Waals surface area contributed by atoms with Crippen molar-refractivity contribution in [3.63, 3.8) is 0 Å². The molecule has 18 heavy (non-hydrogen) atoms. The summed E-state index contributed by atoms with van der Waals surface area (Å²) in [7, 11) is 0. The lowest BCUT2D eigenvalue weighted by Gasteiger charge is -2.17. The lowest BCUT2D eigenvalue weighted by molar-refractivity contribution is -0.125. The summed E-state index contributed by atoms with van der Waals surface area (Å²) in [6, 6.07) is 1.65. The third kappa shape index (κ3) is 3.48. The second kappa shape index (κ2) is 5.88. The zero-order chi connectivity index (χ0) is 13.9. The van der Waals surface area contributed by atoms with Crippen LogP contribution in [-0.4, -0.2) is 23.7 Å². The minimum absolute atomic E-state index is 0.120. The predicted octanol–water partition coefficient (Wildman–Crippen LogP) is 0.770. The van der Waals surface area contributed by atoms with Gasteiger partial charge in [-0.05, 0) is 31.5 Å². The van der Waals surface area contributed by atoms with Gasteiger partial charge in [-0.15, -0.1) is 0 Å². The zero-order valence-corrected chi connectivity index (χ0v) is 10.2. The number of aliphatic hydroxyl groups is 1. The van der Waals surface area contributed by atoms with Gasteiger partial charge in [0.2, 0.25) is 5.91 Å². The minimum atomic E-state index is -1.36. The van der Waals surface area contributed by atoms with Crippen LogP contribution in [0.3, 0.4) is 0 Å². The van der Waals surface area contributed by atoms with E-state index in [0.717, 1.165) is 12.1 Å². The molecule has 0 bridgehead atoms. The van der Waals surface area contributed by atoms with E-state index in [1.165, 1.54) is 6.92 Å². The number of benzene rings is 1. The maximum absolute atomic E-state index is 13.6. The summed E-state index contributed by atoms with van der Waals surface area (Å²) in [6.07, 6.45) is -1.36. The van der Waals surface area contributed by atoms with E-state index in [2.05, 4.69) is 5.32 Å².